The van der Waals surface area contributed by atoms with Gasteiger partial charge < -0.3 is 10.5 Å². The summed E-state index contributed by atoms with van der Waals surface area (Å²) in [6, 6.07) is 7.34. The fraction of sp³-hybridized carbons (Fsp3) is 0.200. The lowest BCUT2D eigenvalue weighted by Crippen LogP contribution is -2.12. The number of pyridine rings is 1. The van der Waals surface area contributed by atoms with Gasteiger partial charge in [0.05, 0.1) is 0 Å². The molecule has 2 rings (SSSR count). The second-order valence-corrected chi connectivity index (χ2v) is 6.12. The molecule has 0 atom stereocenters. The van der Waals surface area contributed by atoms with E-state index in [1.165, 1.54) is 6.20 Å². The molecular formula is C15H15BrClN3O. The zero-order valence-corrected chi connectivity index (χ0v) is 14.0. The number of benzene rings is 1. The van der Waals surface area contributed by atoms with Crippen molar-refractivity contribution in [3.63, 3.8) is 0 Å². The van der Waals surface area contributed by atoms with Gasteiger partial charge in [0.25, 0.3) is 0 Å². The molecular weight excluding hydrogens is 354 g/mol. The van der Waals surface area contributed by atoms with Crippen molar-refractivity contribution in [3.05, 3.63) is 51.1 Å². The number of halogens is 2. The molecule has 3 N–H and O–H groups in total. The Morgan fingerprint density at radius 3 is 2.71 bits per heavy atom. The van der Waals surface area contributed by atoms with Crippen molar-refractivity contribution in [2.45, 2.75) is 19.8 Å². The van der Waals surface area contributed by atoms with E-state index in [4.69, 9.17) is 27.5 Å². The molecule has 1 heterocycles. The fourth-order valence-corrected chi connectivity index (χ4v) is 2.50. The Hall–Kier alpha value is -1.59. The minimum Gasteiger partial charge on any atom is -0.437 e. The van der Waals surface area contributed by atoms with Gasteiger partial charge in [-0.15, -0.1) is 0 Å². The van der Waals surface area contributed by atoms with Gasteiger partial charge in [-0.3, -0.25) is 5.41 Å². The molecule has 0 saturated heterocycles. The minimum atomic E-state index is -0.118. The molecule has 1 aromatic heterocycles. The number of nitrogens with zero attached hydrogens (tertiary/aromatic N) is 1. The summed E-state index contributed by atoms with van der Waals surface area (Å²) in [6.07, 6.45) is 1.52. The standard InChI is InChI=1S/C15H15BrClN3O/c1-8(2)11-7-9(16)3-4-12(11)21-15-13(17)10(14(18)19)5-6-20-15/h3-8H,1-2H3,(H3,18,19). The van der Waals surface area contributed by atoms with E-state index >= 15 is 0 Å². The Morgan fingerprint density at radius 1 is 1.38 bits per heavy atom. The molecule has 0 spiro atoms. The first kappa shape index (κ1) is 15.8. The topological polar surface area (TPSA) is 72.0 Å². The van der Waals surface area contributed by atoms with Gasteiger partial charge in [-0.25, -0.2) is 4.98 Å². The third-order valence-electron chi connectivity index (χ3n) is 2.95. The van der Waals surface area contributed by atoms with Gasteiger partial charge >= 0.3 is 0 Å². The van der Waals surface area contributed by atoms with E-state index in [-0.39, 0.29) is 22.7 Å². The minimum absolute atomic E-state index is 0.118. The van der Waals surface area contributed by atoms with Crippen molar-refractivity contribution in [1.29, 1.82) is 5.41 Å². The number of aromatic nitrogens is 1. The Kier molecular flexibility index (Phi) is 4.85. The quantitative estimate of drug-likeness (QED) is 0.607. The molecule has 4 nitrogen and oxygen atoms in total. The summed E-state index contributed by atoms with van der Waals surface area (Å²) in [5.41, 5.74) is 6.93. The molecule has 0 aliphatic carbocycles. The molecule has 2 aromatic rings. The molecule has 0 bridgehead atoms. The van der Waals surface area contributed by atoms with Gasteiger partial charge in [-0.2, -0.15) is 0 Å². The second-order valence-electron chi connectivity index (χ2n) is 4.83. The maximum absolute atomic E-state index is 7.50. The summed E-state index contributed by atoms with van der Waals surface area (Å²) < 4.78 is 6.81. The number of nitrogens with two attached hydrogens (primary N) is 1. The van der Waals surface area contributed by atoms with Crippen LogP contribution in [0.4, 0.5) is 0 Å². The predicted octanol–water partition coefficient (Wildman–Crippen LogP) is 4.70. The first-order valence-electron chi connectivity index (χ1n) is 6.36. The number of nitrogens with one attached hydrogen (secondary N) is 1. The second kappa shape index (κ2) is 6.45. The van der Waals surface area contributed by atoms with Gasteiger partial charge in [0.1, 0.15) is 16.6 Å². The van der Waals surface area contributed by atoms with Gasteiger partial charge in [0.15, 0.2) is 0 Å². The van der Waals surface area contributed by atoms with Crippen molar-refractivity contribution < 1.29 is 4.74 Å². The van der Waals surface area contributed by atoms with E-state index in [0.29, 0.717) is 11.3 Å². The zero-order valence-electron chi connectivity index (χ0n) is 11.7. The van der Waals surface area contributed by atoms with Crippen LogP contribution in [0.25, 0.3) is 0 Å². The molecule has 21 heavy (non-hydrogen) atoms. The van der Waals surface area contributed by atoms with Crippen LogP contribution in [-0.2, 0) is 0 Å². The molecule has 0 saturated carbocycles. The van der Waals surface area contributed by atoms with Crippen molar-refractivity contribution in [2.24, 2.45) is 5.73 Å². The predicted molar refractivity (Wildman–Crippen MR) is 88.6 cm³/mol. The fourth-order valence-electron chi connectivity index (χ4n) is 1.87. The number of hydrogen-bond donors (Lipinski definition) is 2. The van der Waals surface area contributed by atoms with E-state index in [9.17, 15) is 0 Å². The van der Waals surface area contributed by atoms with E-state index in [1.54, 1.807) is 6.07 Å². The lowest BCUT2D eigenvalue weighted by atomic mass is 10.0. The van der Waals surface area contributed by atoms with Crippen LogP contribution in [0, 0.1) is 5.41 Å². The molecule has 0 amide bonds. The molecule has 1 aromatic carbocycles. The zero-order chi connectivity index (χ0) is 15.6. The van der Waals surface area contributed by atoms with Crippen molar-refractivity contribution in [1.82, 2.24) is 4.98 Å². The molecule has 0 radical (unpaired) electrons. The molecule has 0 aliphatic heterocycles. The summed E-state index contributed by atoms with van der Waals surface area (Å²) in [5.74, 6) is 1.09. The number of hydrogen-bond acceptors (Lipinski definition) is 3. The highest BCUT2D eigenvalue weighted by Crippen LogP contribution is 2.35. The highest BCUT2D eigenvalue weighted by molar-refractivity contribution is 9.10. The van der Waals surface area contributed by atoms with Crippen LogP contribution < -0.4 is 10.5 Å². The van der Waals surface area contributed by atoms with Gasteiger partial charge in [0, 0.05) is 16.2 Å². The first-order chi connectivity index (χ1) is 9.90. The molecule has 0 fully saturated rings. The summed E-state index contributed by atoms with van der Waals surface area (Å²) >= 11 is 9.65. The number of nitrogen functional groups attached to an aromatic ring is 1. The highest BCUT2D eigenvalue weighted by atomic mass is 79.9. The number of amidine groups is 1. The van der Waals surface area contributed by atoms with Crippen LogP contribution in [0.3, 0.4) is 0 Å². The summed E-state index contributed by atoms with van der Waals surface area (Å²) in [6.45, 7) is 4.16. The third-order valence-corrected chi connectivity index (χ3v) is 3.81. The highest BCUT2D eigenvalue weighted by Gasteiger charge is 2.15. The maximum Gasteiger partial charge on any atom is 0.238 e. The normalized spacial score (nSPS) is 10.7. The summed E-state index contributed by atoms with van der Waals surface area (Å²) in [5, 5.41) is 7.73. The van der Waals surface area contributed by atoms with E-state index in [2.05, 4.69) is 34.8 Å². The van der Waals surface area contributed by atoms with E-state index < -0.39 is 0 Å². The van der Waals surface area contributed by atoms with Crippen molar-refractivity contribution in [2.75, 3.05) is 0 Å². The van der Waals surface area contributed by atoms with Crippen LogP contribution in [0.5, 0.6) is 11.6 Å². The van der Waals surface area contributed by atoms with Gasteiger partial charge in [0.2, 0.25) is 5.88 Å². The average molecular weight is 369 g/mol. The van der Waals surface area contributed by atoms with Crippen LogP contribution in [-0.4, -0.2) is 10.8 Å². The van der Waals surface area contributed by atoms with Crippen molar-refractivity contribution in [3.8, 4) is 11.6 Å². The lowest BCUT2D eigenvalue weighted by Gasteiger charge is -2.15. The number of ether oxygens (including phenoxy) is 1. The SMILES string of the molecule is CC(C)c1cc(Br)ccc1Oc1nccc(C(=N)N)c1Cl. The van der Waals surface area contributed by atoms with E-state index in [1.807, 2.05) is 18.2 Å². The van der Waals surface area contributed by atoms with Gasteiger partial charge in [-0.1, -0.05) is 41.4 Å². The molecule has 0 aliphatic rings. The maximum atomic E-state index is 7.50. The first-order valence-corrected chi connectivity index (χ1v) is 7.53. The Bertz CT molecular complexity index is 689. The summed E-state index contributed by atoms with van der Waals surface area (Å²) in [7, 11) is 0. The lowest BCUT2D eigenvalue weighted by molar-refractivity contribution is 0.454. The molecule has 110 valence electrons. The summed E-state index contributed by atoms with van der Waals surface area (Å²) in [4.78, 5) is 4.12. The largest absolute Gasteiger partial charge is 0.437 e. The van der Waals surface area contributed by atoms with Crippen molar-refractivity contribution >= 4 is 33.4 Å². The van der Waals surface area contributed by atoms with Crippen LogP contribution in [0.2, 0.25) is 5.02 Å². The Labute approximate surface area is 136 Å². The smallest absolute Gasteiger partial charge is 0.238 e. The van der Waals surface area contributed by atoms with Crippen LogP contribution in [0.1, 0.15) is 30.9 Å². The average Bonchev–Trinajstić information content (AvgIpc) is 2.42. The van der Waals surface area contributed by atoms with Crippen LogP contribution in [0.15, 0.2) is 34.9 Å². The third kappa shape index (κ3) is 3.54. The molecule has 0 unspecified atom stereocenters. The van der Waals surface area contributed by atoms with E-state index in [0.717, 1.165) is 10.0 Å². The van der Waals surface area contributed by atoms with Crippen LogP contribution >= 0.6 is 27.5 Å². The number of rotatable bonds is 4. The Balaban J connectivity index is 2.44. The molecule has 6 heteroatoms. The Morgan fingerprint density at radius 2 is 2.10 bits per heavy atom. The van der Waals surface area contributed by atoms with Gasteiger partial charge in [-0.05, 0) is 35.7 Å². The monoisotopic (exact) mass is 367 g/mol.